The number of H-pyrrole nitrogens is 1. The van der Waals surface area contributed by atoms with E-state index in [4.69, 9.17) is 15.2 Å². The Morgan fingerprint density at radius 1 is 1.28 bits per heavy atom. The molecule has 0 radical (unpaired) electrons. The summed E-state index contributed by atoms with van der Waals surface area (Å²) in [6.07, 6.45) is -0.571. The molecule has 8 nitrogen and oxygen atoms in total. The lowest BCUT2D eigenvalue weighted by Crippen LogP contribution is -2.16. The Morgan fingerprint density at radius 3 is 2.72 bits per heavy atom. The van der Waals surface area contributed by atoms with Crippen LogP contribution in [0, 0.1) is 6.92 Å². The zero-order chi connectivity index (χ0) is 12.7. The molecular weight excluding hydrogens is 238 g/mol. The molecule has 0 unspecified atom stereocenters. The molecule has 0 aromatic carbocycles. The Hall–Kier alpha value is -2.06. The number of nitrogens with zero attached hydrogens (tertiary/aromatic N) is 3. The highest BCUT2D eigenvalue weighted by Gasteiger charge is 2.23. The van der Waals surface area contributed by atoms with Crippen LogP contribution < -0.4 is 11.3 Å². The molecule has 1 aliphatic rings. The van der Waals surface area contributed by atoms with Crippen molar-refractivity contribution in [1.29, 1.82) is 0 Å². The average Bonchev–Trinajstić information content (AvgIpc) is 2.81. The smallest absolute Gasteiger partial charge is 0.280 e. The van der Waals surface area contributed by atoms with Crippen molar-refractivity contribution in [3.8, 4) is 0 Å². The first-order chi connectivity index (χ1) is 8.65. The van der Waals surface area contributed by atoms with E-state index in [0.717, 1.165) is 0 Å². The van der Waals surface area contributed by atoms with Crippen LogP contribution in [0.1, 0.15) is 17.7 Å². The lowest BCUT2D eigenvalue weighted by molar-refractivity contribution is -0.0478. The van der Waals surface area contributed by atoms with Gasteiger partial charge in [-0.05, 0) is 6.92 Å². The van der Waals surface area contributed by atoms with E-state index < -0.39 is 11.8 Å². The van der Waals surface area contributed by atoms with E-state index >= 15 is 0 Å². The zero-order valence-electron chi connectivity index (χ0n) is 9.64. The van der Waals surface area contributed by atoms with Crippen molar-refractivity contribution in [1.82, 2.24) is 19.9 Å². The van der Waals surface area contributed by atoms with E-state index in [2.05, 4.69) is 19.9 Å². The Labute approximate surface area is 101 Å². The second-order valence-corrected chi connectivity index (χ2v) is 3.89. The van der Waals surface area contributed by atoms with E-state index in [1.807, 2.05) is 0 Å². The van der Waals surface area contributed by atoms with Gasteiger partial charge in [-0.3, -0.25) is 9.78 Å². The van der Waals surface area contributed by atoms with Gasteiger partial charge in [0, 0.05) is 0 Å². The van der Waals surface area contributed by atoms with Crippen molar-refractivity contribution in [2.45, 2.75) is 13.2 Å². The number of hydrogen-bond donors (Lipinski definition) is 2. The van der Waals surface area contributed by atoms with Crippen molar-refractivity contribution < 1.29 is 9.47 Å². The third kappa shape index (κ3) is 1.71. The maximum atomic E-state index is 11.7. The molecule has 0 amide bonds. The highest BCUT2D eigenvalue weighted by molar-refractivity contribution is 5.69. The number of rotatable bonds is 1. The fourth-order valence-corrected chi connectivity index (χ4v) is 1.81. The van der Waals surface area contributed by atoms with Crippen molar-refractivity contribution in [3.63, 3.8) is 0 Å². The van der Waals surface area contributed by atoms with Crippen LogP contribution in [0.2, 0.25) is 0 Å². The normalized spacial score (nSPS) is 16.5. The van der Waals surface area contributed by atoms with Gasteiger partial charge in [0.15, 0.2) is 11.2 Å². The number of ether oxygens (including phenoxy) is 2. The summed E-state index contributed by atoms with van der Waals surface area (Å²) in [5.41, 5.74) is 6.47. The predicted octanol–water partition coefficient (Wildman–Crippen LogP) is -0.351. The van der Waals surface area contributed by atoms with Crippen molar-refractivity contribution in [2.75, 3.05) is 18.9 Å². The van der Waals surface area contributed by atoms with Crippen molar-refractivity contribution in [3.05, 3.63) is 21.7 Å². The SMILES string of the molecule is Cc1nc2nc(N)[nH]c(=O)c2nc1C1OCCO1. The summed E-state index contributed by atoms with van der Waals surface area (Å²) in [7, 11) is 0. The molecule has 2 aromatic heterocycles. The monoisotopic (exact) mass is 249 g/mol. The molecule has 1 saturated heterocycles. The van der Waals surface area contributed by atoms with Gasteiger partial charge in [-0.25, -0.2) is 9.97 Å². The van der Waals surface area contributed by atoms with Gasteiger partial charge in [-0.2, -0.15) is 4.98 Å². The lowest BCUT2D eigenvalue weighted by Gasteiger charge is -2.11. The topological polar surface area (TPSA) is 116 Å². The van der Waals surface area contributed by atoms with Gasteiger partial charge in [-0.15, -0.1) is 0 Å². The standard InChI is InChI=1S/C10H11N5O3/c1-4-5(9-17-2-3-18-9)13-6-7(12-4)14-10(11)15-8(6)16/h9H,2-3H2,1H3,(H3,11,12,14,15,16). The summed E-state index contributed by atoms with van der Waals surface area (Å²) in [6, 6.07) is 0. The number of aryl methyl sites for hydroxylation is 1. The molecule has 3 heterocycles. The first-order valence-electron chi connectivity index (χ1n) is 5.42. The third-order valence-electron chi connectivity index (χ3n) is 2.62. The van der Waals surface area contributed by atoms with Crippen LogP contribution in [0.5, 0.6) is 0 Å². The summed E-state index contributed by atoms with van der Waals surface area (Å²) in [4.78, 5) is 26.5. The Bertz CT molecular complexity index is 662. The van der Waals surface area contributed by atoms with Gasteiger partial charge < -0.3 is 15.2 Å². The number of nitrogen functional groups attached to an aromatic ring is 1. The zero-order valence-corrected chi connectivity index (χ0v) is 9.64. The number of aromatic nitrogens is 4. The number of hydrogen-bond acceptors (Lipinski definition) is 7. The average molecular weight is 249 g/mol. The van der Waals surface area contributed by atoms with E-state index in [-0.39, 0.29) is 17.1 Å². The highest BCUT2D eigenvalue weighted by atomic mass is 16.7. The van der Waals surface area contributed by atoms with E-state index in [1.165, 1.54) is 0 Å². The number of anilines is 1. The molecule has 8 heteroatoms. The minimum atomic E-state index is -0.571. The van der Waals surface area contributed by atoms with E-state index in [9.17, 15) is 4.79 Å². The quantitative estimate of drug-likeness (QED) is 0.709. The molecule has 2 aromatic rings. The van der Waals surface area contributed by atoms with Crippen molar-refractivity contribution in [2.24, 2.45) is 0 Å². The number of aromatic amines is 1. The second-order valence-electron chi connectivity index (χ2n) is 3.89. The Kier molecular flexibility index (Phi) is 2.46. The lowest BCUT2D eigenvalue weighted by atomic mass is 10.3. The minimum absolute atomic E-state index is 0.0160. The van der Waals surface area contributed by atoms with E-state index in [1.54, 1.807) is 6.92 Å². The first-order valence-corrected chi connectivity index (χ1v) is 5.42. The summed E-state index contributed by atoms with van der Waals surface area (Å²) in [5, 5.41) is 0. The van der Waals surface area contributed by atoms with Crippen LogP contribution in [0.4, 0.5) is 5.95 Å². The van der Waals surface area contributed by atoms with Crippen LogP contribution in [-0.4, -0.2) is 33.1 Å². The molecule has 94 valence electrons. The minimum Gasteiger partial charge on any atom is -0.369 e. The Balaban J connectivity index is 2.22. The van der Waals surface area contributed by atoms with E-state index in [0.29, 0.717) is 24.6 Å². The Morgan fingerprint density at radius 2 is 2.00 bits per heavy atom. The van der Waals surface area contributed by atoms with Crippen molar-refractivity contribution >= 4 is 17.1 Å². The molecule has 1 fully saturated rings. The summed E-state index contributed by atoms with van der Waals surface area (Å²) < 4.78 is 10.7. The van der Waals surface area contributed by atoms with Gasteiger partial charge in [0.05, 0.1) is 18.9 Å². The van der Waals surface area contributed by atoms with Gasteiger partial charge in [0.25, 0.3) is 5.56 Å². The van der Waals surface area contributed by atoms with Gasteiger partial charge in [-0.1, -0.05) is 0 Å². The summed E-state index contributed by atoms with van der Waals surface area (Å²) in [6.45, 7) is 2.76. The van der Waals surface area contributed by atoms with Gasteiger partial charge >= 0.3 is 0 Å². The fourth-order valence-electron chi connectivity index (χ4n) is 1.81. The predicted molar refractivity (Wildman–Crippen MR) is 61.7 cm³/mol. The molecule has 0 saturated carbocycles. The maximum absolute atomic E-state index is 11.7. The number of nitrogens with one attached hydrogen (secondary N) is 1. The third-order valence-corrected chi connectivity index (χ3v) is 2.62. The van der Waals surface area contributed by atoms with Crippen LogP contribution in [0.25, 0.3) is 11.2 Å². The number of fused-ring (bicyclic) bond motifs is 1. The number of nitrogens with two attached hydrogens (primary N) is 1. The molecule has 1 aliphatic heterocycles. The van der Waals surface area contributed by atoms with Gasteiger partial charge in [0.1, 0.15) is 5.69 Å². The maximum Gasteiger partial charge on any atom is 0.280 e. The molecule has 0 spiro atoms. The van der Waals surface area contributed by atoms with Crippen LogP contribution >= 0.6 is 0 Å². The summed E-state index contributed by atoms with van der Waals surface area (Å²) >= 11 is 0. The molecule has 3 rings (SSSR count). The molecule has 3 N–H and O–H groups in total. The molecule has 0 bridgehead atoms. The van der Waals surface area contributed by atoms with Crippen LogP contribution in [0.15, 0.2) is 4.79 Å². The molecule has 18 heavy (non-hydrogen) atoms. The molecular formula is C10H11N5O3. The summed E-state index contributed by atoms with van der Waals surface area (Å²) in [5.74, 6) is 0.0160. The second kappa shape index (κ2) is 4.00. The van der Waals surface area contributed by atoms with Gasteiger partial charge in [0.2, 0.25) is 12.2 Å². The first kappa shape index (κ1) is 11.1. The largest absolute Gasteiger partial charge is 0.369 e. The van der Waals surface area contributed by atoms with Crippen LogP contribution in [0.3, 0.4) is 0 Å². The fraction of sp³-hybridized carbons (Fsp3) is 0.400. The highest BCUT2D eigenvalue weighted by Crippen LogP contribution is 2.24. The van der Waals surface area contributed by atoms with Crippen LogP contribution in [-0.2, 0) is 9.47 Å². The molecule has 0 atom stereocenters. The molecule has 0 aliphatic carbocycles.